The van der Waals surface area contributed by atoms with Crippen LogP contribution in [0.5, 0.6) is 0 Å². The van der Waals surface area contributed by atoms with Crippen molar-refractivity contribution < 1.29 is 14.8 Å². The van der Waals surface area contributed by atoms with Crippen LogP contribution in [0.2, 0.25) is 0 Å². The summed E-state index contributed by atoms with van der Waals surface area (Å²) in [6.07, 6.45) is 0. The Kier molecular flexibility index (Phi) is 4.13. The maximum atomic E-state index is 11.4. The molecule has 0 spiro atoms. The minimum atomic E-state index is -1.14. The Balaban J connectivity index is 2.36. The molecule has 2 atom stereocenters. The van der Waals surface area contributed by atoms with Crippen molar-refractivity contribution >= 4 is 17.3 Å². The molecule has 0 amide bonds. The first-order valence-electron chi connectivity index (χ1n) is 6.74. The van der Waals surface area contributed by atoms with Crippen LogP contribution in [0.3, 0.4) is 0 Å². The molecule has 1 aliphatic heterocycles. The Morgan fingerprint density at radius 3 is 2.57 bits per heavy atom. The van der Waals surface area contributed by atoms with Gasteiger partial charge in [-0.25, -0.2) is 4.79 Å². The van der Waals surface area contributed by atoms with Crippen molar-refractivity contribution in [3.8, 4) is 0 Å². The molecule has 1 N–H and O–H groups in total. The molecule has 0 bridgehead atoms. The normalized spacial score (nSPS) is 21.8. The van der Waals surface area contributed by atoms with E-state index in [0.717, 1.165) is 12.6 Å². The van der Waals surface area contributed by atoms with Gasteiger partial charge in [0.1, 0.15) is 0 Å². The van der Waals surface area contributed by atoms with Crippen LogP contribution in [-0.2, 0) is 0 Å². The molecule has 2 unspecified atom stereocenters. The first-order chi connectivity index (χ1) is 9.81. The lowest BCUT2D eigenvalue weighted by atomic mass is 10.1. The van der Waals surface area contributed by atoms with Gasteiger partial charge in [0, 0.05) is 31.3 Å². The van der Waals surface area contributed by atoms with Crippen LogP contribution in [0.4, 0.5) is 11.4 Å². The van der Waals surface area contributed by atoms with E-state index in [4.69, 9.17) is 0 Å². The van der Waals surface area contributed by atoms with Gasteiger partial charge in [-0.05, 0) is 26.1 Å². The van der Waals surface area contributed by atoms with E-state index in [1.807, 2.05) is 19.0 Å². The summed E-state index contributed by atoms with van der Waals surface area (Å²) < 4.78 is 0. The Bertz CT molecular complexity index is 573. The fraction of sp³-hybridized carbons (Fsp3) is 0.500. The molecule has 1 fully saturated rings. The number of nitrogens with zero attached hydrogens (tertiary/aromatic N) is 3. The van der Waals surface area contributed by atoms with E-state index in [-0.39, 0.29) is 11.3 Å². The molecule has 1 saturated heterocycles. The lowest BCUT2D eigenvalue weighted by Gasteiger charge is -2.23. The zero-order valence-electron chi connectivity index (χ0n) is 12.3. The number of benzene rings is 1. The van der Waals surface area contributed by atoms with Gasteiger partial charge in [0.05, 0.1) is 16.2 Å². The number of carboxylic acids is 1. The average molecular weight is 293 g/mol. The number of nitro groups is 1. The lowest BCUT2D eigenvalue weighted by Crippen LogP contribution is -2.34. The Hall–Kier alpha value is -2.15. The molecular formula is C14H19N3O4. The summed E-state index contributed by atoms with van der Waals surface area (Å²) in [6.45, 7) is 3.57. The largest absolute Gasteiger partial charge is 0.478 e. The Morgan fingerprint density at radius 1 is 1.43 bits per heavy atom. The van der Waals surface area contributed by atoms with Crippen LogP contribution in [-0.4, -0.2) is 54.1 Å². The monoisotopic (exact) mass is 293 g/mol. The van der Waals surface area contributed by atoms with E-state index >= 15 is 0 Å². The first kappa shape index (κ1) is 15.2. The molecule has 0 aliphatic carbocycles. The van der Waals surface area contributed by atoms with Crippen molar-refractivity contribution in [2.75, 3.05) is 32.1 Å². The molecule has 2 rings (SSSR count). The van der Waals surface area contributed by atoms with Crippen molar-refractivity contribution in [3.05, 3.63) is 33.9 Å². The Morgan fingerprint density at radius 2 is 2.10 bits per heavy atom. The van der Waals surface area contributed by atoms with Crippen molar-refractivity contribution in [2.24, 2.45) is 5.92 Å². The fourth-order valence-corrected chi connectivity index (χ4v) is 2.90. The third kappa shape index (κ3) is 2.97. The molecule has 1 aliphatic rings. The molecule has 114 valence electrons. The quantitative estimate of drug-likeness (QED) is 0.671. The van der Waals surface area contributed by atoms with Gasteiger partial charge in [0.15, 0.2) is 0 Å². The Labute approximate surface area is 122 Å². The van der Waals surface area contributed by atoms with Gasteiger partial charge in [0.25, 0.3) is 5.69 Å². The second kappa shape index (κ2) is 5.69. The number of hydrogen-bond acceptors (Lipinski definition) is 5. The molecule has 21 heavy (non-hydrogen) atoms. The number of anilines is 1. The highest BCUT2D eigenvalue weighted by Gasteiger charge is 2.33. The summed E-state index contributed by atoms with van der Waals surface area (Å²) in [5.41, 5.74) is 0.327. The lowest BCUT2D eigenvalue weighted by molar-refractivity contribution is -0.384. The third-order valence-corrected chi connectivity index (χ3v) is 4.00. The summed E-state index contributed by atoms with van der Waals surface area (Å²) in [4.78, 5) is 25.7. The predicted octanol–water partition coefficient (Wildman–Crippen LogP) is 1.68. The second-order valence-corrected chi connectivity index (χ2v) is 5.68. The minimum absolute atomic E-state index is 0.0178. The summed E-state index contributed by atoms with van der Waals surface area (Å²) in [6, 6.07) is 4.36. The van der Waals surface area contributed by atoms with Gasteiger partial charge >= 0.3 is 5.97 Å². The molecule has 0 radical (unpaired) electrons. The smallest absolute Gasteiger partial charge is 0.338 e. The second-order valence-electron chi connectivity index (χ2n) is 5.68. The van der Waals surface area contributed by atoms with Crippen LogP contribution < -0.4 is 4.90 Å². The van der Waals surface area contributed by atoms with Gasteiger partial charge in [-0.15, -0.1) is 0 Å². The molecule has 7 heteroatoms. The van der Waals surface area contributed by atoms with Gasteiger partial charge in [-0.1, -0.05) is 6.92 Å². The van der Waals surface area contributed by atoms with E-state index in [1.165, 1.54) is 12.1 Å². The number of nitro benzene ring substituents is 1. The first-order valence-corrected chi connectivity index (χ1v) is 6.74. The van der Waals surface area contributed by atoms with E-state index in [1.54, 1.807) is 0 Å². The maximum absolute atomic E-state index is 11.4. The zero-order valence-corrected chi connectivity index (χ0v) is 12.3. The van der Waals surface area contributed by atoms with Crippen LogP contribution >= 0.6 is 0 Å². The van der Waals surface area contributed by atoms with Crippen LogP contribution in [0.25, 0.3) is 0 Å². The highest BCUT2D eigenvalue weighted by atomic mass is 16.6. The average Bonchev–Trinajstić information content (AvgIpc) is 2.80. The van der Waals surface area contributed by atoms with Crippen molar-refractivity contribution in [1.82, 2.24) is 4.90 Å². The predicted molar refractivity (Wildman–Crippen MR) is 78.9 cm³/mol. The minimum Gasteiger partial charge on any atom is -0.478 e. The summed E-state index contributed by atoms with van der Waals surface area (Å²) in [7, 11) is 4.00. The van der Waals surface area contributed by atoms with Gasteiger partial charge in [0.2, 0.25) is 0 Å². The number of aromatic carboxylic acids is 1. The molecule has 1 heterocycles. The SMILES string of the molecule is CC1CN(c2ccc([N+](=O)[O-])cc2C(=O)O)CC1N(C)C. The van der Waals surface area contributed by atoms with Gasteiger partial charge < -0.3 is 14.9 Å². The molecule has 0 aromatic heterocycles. The molecule has 7 nitrogen and oxygen atoms in total. The maximum Gasteiger partial charge on any atom is 0.338 e. The number of non-ortho nitro benzene ring substituents is 1. The number of rotatable bonds is 4. The van der Waals surface area contributed by atoms with Crippen LogP contribution in [0.15, 0.2) is 18.2 Å². The van der Waals surface area contributed by atoms with Crippen molar-refractivity contribution in [3.63, 3.8) is 0 Å². The summed E-state index contributed by atoms with van der Waals surface area (Å²) >= 11 is 0. The molecule has 0 saturated carbocycles. The fourth-order valence-electron chi connectivity index (χ4n) is 2.90. The zero-order chi connectivity index (χ0) is 15.7. The van der Waals surface area contributed by atoms with Crippen molar-refractivity contribution in [2.45, 2.75) is 13.0 Å². The molecular weight excluding hydrogens is 274 g/mol. The van der Waals surface area contributed by atoms with E-state index in [2.05, 4.69) is 11.8 Å². The number of likely N-dealkylation sites (N-methyl/N-ethyl adjacent to an activating group) is 1. The third-order valence-electron chi connectivity index (χ3n) is 4.00. The highest BCUT2D eigenvalue weighted by molar-refractivity contribution is 5.95. The van der Waals surface area contributed by atoms with Gasteiger partial charge in [-0.2, -0.15) is 0 Å². The van der Waals surface area contributed by atoms with E-state index < -0.39 is 10.9 Å². The summed E-state index contributed by atoms with van der Waals surface area (Å²) in [5, 5.41) is 20.1. The molecule has 1 aromatic carbocycles. The standard InChI is InChI=1S/C14H19N3O4/c1-9-7-16(8-13(9)15(2)3)12-5-4-10(17(20)21)6-11(12)14(18)19/h4-6,9,13H,7-8H2,1-3H3,(H,18,19). The van der Waals surface area contributed by atoms with Crippen LogP contribution in [0, 0.1) is 16.0 Å². The summed E-state index contributed by atoms with van der Waals surface area (Å²) in [5.74, 6) is -0.744. The topological polar surface area (TPSA) is 86.9 Å². The van der Waals surface area contributed by atoms with Crippen LogP contribution in [0.1, 0.15) is 17.3 Å². The number of carboxylic acid groups (broad SMARTS) is 1. The van der Waals surface area contributed by atoms with E-state index in [9.17, 15) is 20.0 Å². The molecule has 1 aromatic rings. The number of carbonyl (C=O) groups is 1. The number of hydrogen-bond donors (Lipinski definition) is 1. The van der Waals surface area contributed by atoms with Crippen molar-refractivity contribution in [1.29, 1.82) is 0 Å². The highest BCUT2D eigenvalue weighted by Crippen LogP contribution is 2.31. The van der Waals surface area contributed by atoms with Gasteiger partial charge in [-0.3, -0.25) is 10.1 Å². The van der Waals surface area contributed by atoms with E-state index in [0.29, 0.717) is 24.2 Å².